The number of hydrogen-bond donors (Lipinski definition) is 3. The lowest BCUT2D eigenvalue weighted by Gasteiger charge is -2.35. The molecule has 2 N–H and O–H groups in total. The van der Waals surface area contributed by atoms with Crippen LogP contribution in [0, 0.1) is 13.8 Å². The van der Waals surface area contributed by atoms with Gasteiger partial charge in [-0.25, -0.2) is 4.79 Å². The van der Waals surface area contributed by atoms with Crippen LogP contribution in [0.1, 0.15) is 89.5 Å². The van der Waals surface area contributed by atoms with E-state index in [1.165, 1.54) is 0 Å². The molecule has 0 radical (unpaired) electrons. The lowest BCUT2D eigenvalue weighted by molar-refractivity contribution is -0.142. The number of rotatable bonds is 13. The molecule has 0 heterocycles. The molecule has 0 aromatic heterocycles. The molecule has 0 spiro atoms. The third-order valence-electron chi connectivity index (χ3n) is 5.66. The Hall–Kier alpha value is -2.22. The smallest absolute Gasteiger partial charge is 0.408 e. The van der Waals surface area contributed by atoms with E-state index in [-0.39, 0.29) is 17.6 Å². The quantitative estimate of drug-likeness (QED) is 0.256. The van der Waals surface area contributed by atoms with Crippen LogP contribution in [0.2, 0.25) is 0 Å². The van der Waals surface area contributed by atoms with Crippen molar-refractivity contribution in [2.24, 2.45) is 0 Å². The minimum absolute atomic E-state index is 0.0826. The van der Waals surface area contributed by atoms with E-state index >= 15 is 0 Å². The van der Waals surface area contributed by atoms with Crippen molar-refractivity contribution in [1.29, 1.82) is 0 Å². The number of unbranched alkanes of at least 4 members (excludes halogenated alkanes) is 3. The summed E-state index contributed by atoms with van der Waals surface area (Å²) in [4.78, 5) is 41.5. The minimum atomic E-state index is -0.926. The van der Waals surface area contributed by atoms with E-state index in [1.54, 1.807) is 25.7 Å². The van der Waals surface area contributed by atoms with E-state index in [1.807, 2.05) is 32.0 Å². The van der Waals surface area contributed by atoms with Gasteiger partial charge in [0.2, 0.25) is 11.8 Å². The van der Waals surface area contributed by atoms with Gasteiger partial charge in [-0.05, 0) is 64.2 Å². The molecule has 2 unspecified atom stereocenters. The maximum absolute atomic E-state index is 13.9. The first-order chi connectivity index (χ1) is 16.5. The average Bonchev–Trinajstić information content (AvgIpc) is 2.77. The predicted octanol–water partition coefficient (Wildman–Crippen LogP) is 5.10. The highest BCUT2D eigenvalue weighted by atomic mass is 32.1. The van der Waals surface area contributed by atoms with Gasteiger partial charge in [0.25, 0.3) is 0 Å². The van der Waals surface area contributed by atoms with Crippen LogP contribution in [-0.4, -0.2) is 53.3 Å². The van der Waals surface area contributed by atoms with E-state index in [0.717, 1.165) is 48.8 Å². The van der Waals surface area contributed by atoms with Crippen LogP contribution < -0.4 is 10.6 Å². The van der Waals surface area contributed by atoms with Gasteiger partial charge >= 0.3 is 6.09 Å². The van der Waals surface area contributed by atoms with Crippen molar-refractivity contribution in [1.82, 2.24) is 15.5 Å². The van der Waals surface area contributed by atoms with E-state index in [9.17, 15) is 14.4 Å². The summed E-state index contributed by atoms with van der Waals surface area (Å²) >= 11 is 4.34. The summed E-state index contributed by atoms with van der Waals surface area (Å²) in [7, 11) is 0. The zero-order chi connectivity index (χ0) is 26.6. The molecule has 0 bridgehead atoms. The Morgan fingerprint density at radius 1 is 1.03 bits per heavy atom. The first-order valence-electron chi connectivity index (χ1n) is 12.7. The summed E-state index contributed by atoms with van der Waals surface area (Å²) in [5.41, 5.74) is 2.00. The van der Waals surface area contributed by atoms with Crippen LogP contribution in [0.4, 0.5) is 4.79 Å². The first kappa shape index (κ1) is 30.8. The molecule has 0 fully saturated rings. The summed E-state index contributed by atoms with van der Waals surface area (Å²) in [6.07, 6.45) is 3.77. The Morgan fingerprint density at radius 3 is 2.14 bits per heavy atom. The largest absolute Gasteiger partial charge is 0.444 e. The van der Waals surface area contributed by atoms with Gasteiger partial charge in [-0.1, -0.05) is 51.3 Å². The van der Waals surface area contributed by atoms with E-state index in [0.29, 0.717) is 13.1 Å². The number of aryl methyl sites for hydroxylation is 2. The topological polar surface area (TPSA) is 87.7 Å². The number of nitrogens with one attached hydrogen (secondary N) is 2. The lowest BCUT2D eigenvalue weighted by Crippen LogP contribution is -2.54. The second kappa shape index (κ2) is 15.0. The van der Waals surface area contributed by atoms with Crippen molar-refractivity contribution in [3.05, 3.63) is 34.9 Å². The standard InChI is InChI=1S/C27H45N3O4S/c1-8-10-12-17-30(25(32)21(18-35)29-26(33)34-27(5,6)7)23(24(31)28-16-11-9-2)22-19(3)14-13-15-20(22)4/h13-15,21,23,35H,8-12,16-18H2,1-7H3,(H,28,31)(H,29,33). The first-order valence-corrected chi connectivity index (χ1v) is 13.3. The molecule has 8 heteroatoms. The molecule has 2 atom stereocenters. The van der Waals surface area contributed by atoms with Gasteiger partial charge in [-0.3, -0.25) is 9.59 Å². The van der Waals surface area contributed by atoms with Crippen LogP contribution >= 0.6 is 12.6 Å². The van der Waals surface area contributed by atoms with Crippen molar-refractivity contribution >= 4 is 30.5 Å². The third kappa shape index (κ3) is 10.1. The molecular formula is C27H45N3O4S. The second-order valence-corrected chi connectivity index (χ2v) is 10.3. The van der Waals surface area contributed by atoms with E-state index in [4.69, 9.17) is 4.74 Å². The number of carbonyl (C=O) groups is 3. The lowest BCUT2D eigenvalue weighted by atomic mass is 9.93. The highest BCUT2D eigenvalue weighted by Crippen LogP contribution is 2.29. The molecule has 0 aliphatic heterocycles. The Bertz CT molecular complexity index is 818. The third-order valence-corrected chi connectivity index (χ3v) is 6.03. The van der Waals surface area contributed by atoms with Crippen LogP contribution in [0.5, 0.6) is 0 Å². The van der Waals surface area contributed by atoms with Crippen molar-refractivity contribution in [3.63, 3.8) is 0 Å². The van der Waals surface area contributed by atoms with Gasteiger partial charge in [0.1, 0.15) is 17.7 Å². The number of nitrogens with zero attached hydrogens (tertiary/aromatic N) is 1. The molecule has 1 aromatic carbocycles. The van der Waals surface area contributed by atoms with Crippen molar-refractivity contribution in [3.8, 4) is 0 Å². The van der Waals surface area contributed by atoms with Gasteiger partial charge < -0.3 is 20.3 Å². The monoisotopic (exact) mass is 507 g/mol. The number of amides is 3. The van der Waals surface area contributed by atoms with Gasteiger partial charge in [-0.2, -0.15) is 12.6 Å². The van der Waals surface area contributed by atoms with Crippen LogP contribution in [0.3, 0.4) is 0 Å². The molecule has 1 aromatic rings. The van der Waals surface area contributed by atoms with Crippen LogP contribution in [0.15, 0.2) is 18.2 Å². The van der Waals surface area contributed by atoms with Gasteiger partial charge in [0.15, 0.2) is 0 Å². The number of thiol groups is 1. The Morgan fingerprint density at radius 2 is 1.63 bits per heavy atom. The van der Waals surface area contributed by atoms with Crippen molar-refractivity contribution in [2.45, 2.75) is 98.3 Å². The Labute approximate surface area is 217 Å². The van der Waals surface area contributed by atoms with Crippen molar-refractivity contribution < 1.29 is 19.1 Å². The predicted molar refractivity (Wildman–Crippen MR) is 145 cm³/mol. The van der Waals surface area contributed by atoms with E-state index < -0.39 is 23.8 Å². The van der Waals surface area contributed by atoms with Gasteiger partial charge in [-0.15, -0.1) is 0 Å². The van der Waals surface area contributed by atoms with Crippen LogP contribution in [0.25, 0.3) is 0 Å². The number of carbonyl (C=O) groups excluding carboxylic acids is 3. The molecule has 1 rings (SSSR count). The second-order valence-electron chi connectivity index (χ2n) is 9.97. The zero-order valence-electron chi connectivity index (χ0n) is 22.6. The fourth-order valence-corrected chi connectivity index (χ4v) is 4.15. The molecule has 7 nitrogen and oxygen atoms in total. The molecular weight excluding hydrogens is 462 g/mol. The normalized spacial score (nSPS) is 13.0. The number of benzene rings is 1. The summed E-state index contributed by atoms with van der Waals surface area (Å²) in [5, 5.41) is 5.69. The highest BCUT2D eigenvalue weighted by Gasteiger charge is 2.36. The minimum Gasteiger partial charge on any atom is -0.444 e. The summed E-state index contributed by atoms with van der Waals surface area (Å²) in [5.74, 6) is -0.477. The van der Waals surface area contributed by atoms with E-state index in [2.05, 4.69) is 37.1 Å². The van der Waals surface area contributed by atoms with Gasteiger partial charge in [0.05, 0.1) is 0 Å². The maximum Gasteiger partial charge on any atom is 0.408 e. The van der Waals surface area contributed by atoms with Crippen molar-refractivity contribution in [2.75, 3.05) is 18.8 Å². The number of ether oxygens (including phenoxy) is 1. The summed E-state index contributed by atoms with van der Waals surface area (Å²) in [6.45, 7) is 14.3. The molecule has 0 saturated heterocycles. The van der Waals surface area contributed by atoms with Crippen LogP contribution in [-0.2, 0) is 14.3 Å². The maximum atomic E-state index is 13.9. The highest BCUT2D eigenvalue weighted by molar-refractivity contribution is 7.80. The average molecular weight is 508 g/mol. The SMILES string of the molecule is CCCCCN(C(=O)C(CS)NC(=O)OC(C)(C)C)C(C(=O)NCCCC)c1c(C)cccc1C. The molecule has 198 valence electrons. The summed E-state index contributed by atoms with van der Waals surface area (Å²) < 4.78 is 5.36. The van der Waals surface area contributed by atoms with Gasteiger partial charge in [0, 0.05) is 18.8 Å². The molecule has 0 aliphatic carbocycles. The number of hydrogen-bond acceptors (Lipinski definition) is 5. The number of alkyl carbamates (subject to hydrolysis) is 1. The molecule has 3 amide bonds. The molecule has 35 heavy (non-hydrogen) atoms. The fraction of sp³-hybridized carbons (Fsp3) is 0.667. The summed E-state index contributed by atoms with van der Waals surface area (Å²) in [6, 6.07) is 4.13. The molecule has 0 saturated carbocycles. The molecule has 0 aliphatic rings. The Balaban J connectivity index is 3.44. The fourth-order valence-electron chi connectivity index (χ4n) is 3.91. The zero-order valence-corrected chi connectivity index (χ0v) is 23.5. The Kier molecular flexibility index (Phi) is 13.2.